The van der Waals surface area contributed by atoms with Gasteiger partial charge in [0.05, 0.1) is 10.7 Å². The monoisotopic (exact) mass is 308 g/mol. The third-order valence-corrected chi connectivity index (χ3v) is 3.87. The van der Waals surface area contributed by atoms with Crippen LogP contribution in [0.1, 0.15) is 32.3 Å². The fourth-order valence-corrected chi connectivity index (χ4v) is 2.88. The van der Waals surface area contributed by atoms with Crippen molar-refractivity contribution in [2.75, 3.05) is 11.4 Å². The zero-order chi connectivity index (χ0) is 15.6. The summed E-state index contributed by atoms with van der Waals surface area (Å²) in [7, 11) is 0. The number of carbonyl (C=O) groups is 2. The molecule has 21 heavy (non-hydrogen) atoms. The van der Waals surface area contributed by atoms with Crippen molar-refractivity contribution in [3.8, 4) is 0 Å². The highest BCUT2D eigenvalue weighted by Crippen LogP contribution is 2.28. The van der Waals surface area contributed by atoms with Crippen LogP contribution >= 0.6 is 11.6 Å². The highest BCUT2D eigenvalue weighted by Gasteiger charge is 2.31. The fourth-order valence-electron chi connectivity index (χ4n) is 2.54. The maximum absolute atomic E-state index is 12.7. The average molecular weight is 309 g/mol. The molecule has 2 rings (SSSR count). The molecular formula is C16H21ClN2O2. The second-order valence-electron chi connectivity index (χ2n) is 5.94. The second-order valence-corrected chi connectivity index (χ2v) is 6.35. The Morgan fingerprint density at radius 3 is 2.71 bits per heavy atom. The first-order valence-electron chi connectivity index (χ1n) is 7.25. The van der Waals surface area contributed by atoms with Gasteiger partial charge in [0.15, 0.2) is 0 Å². The normalized spacial score (nSPS) is 19.7. The predicted octanol–water partition coefficient (Wildman–Crippen LogP) is 2.92. The Bertz CT molecular complexity index is 557. The first kappa shape index (κ1) is 15.8. The minimum Gasteiger partial charge on any atom is -0.344 e. The van der Waals surface area contributed by atoms with Crippen LogP contribution in [-0.4, -0.2) is 24.4 Å². The first-order valence-corrected chi connectivity index (χ1v) is 7.63. The highest BCUT2D eigenvalue weighted by molar-refractivity contribution is 6.34. The Hall–Kier alpha value is -1.55. The summed E-state index contributed by atoms with van der Waals surface area (Å²) < 4.78 is 0. The number of anilines is 1. The van der Waals surface area contributed by atoms with Crippen LogP contribution in [0.25, 0.3) is 0 Å². The van der Waals surface area contributed by atoms with Gasteiger partial charge in [0, 0.05) is 13.0 Å². The highest BCUT2D eigenvalue weighted by atomic mass is 35.5. The Morgan fingerprint density at radius 1 is 1.38 bits per heavy atom. The summed E-state index contributed by atoms with van der Waals surface area (Å²) in [6, 6.07) is 5.13. The molecular weight excluding hydrogens is 288 g/mol. The van der Waals surface area contributed by atoms with Crippen molar-refractivity contribution in [1.29, 1.82) is 0 Å². The standard InChI is InChI=1S/C16H21ClN2O2/c1-10(2)8-13-16(21)19(7-6-15(20)18-13)14-5-4-11(3)9-12(14)17/h4-5,9-10,13H,6-8H2,1-3H3,(H,18,20). The van der Waals surface area contributed by atoms with Gasteiger partial charge in [0.25, 0.3) is 0 Å². The van der Waals surface area contributed by atoms with Crippen LogP contribution in [0.15, 0.2) is 18.2 Å². The number of carbonyl (C=O) groups excluding carboxylic acids is 2. The molecule has 1 N–H and O–H groups in total. The Labute approximate surface area is 130 Å². The lowest BCUT2D eigenvalue weighted by atomic mass is 10.0. The zero-order valence-electron chi connectivity index (χ0n) is 12.6. The predicted molar refractivity (Wildman–Crippen MR) is 84.5 cm³/mol. The molecule has 1 saturated heterocycles. The van der Waals surface area contributed by atoms with E-state index in [-0.39, 0.29) is 11.8 Å². The SMILES string of the molecule is Cc1ccc(N2CCC(=O)NC(CC(C)C)C2=O)c(Cl)c1. The molecule has 0 saturated carbocycles. The zero-order valence-corrected chi connectivity index (χ0v) is 13.4. The number of hydrogen-bond acceptors (Lipinski definition) is 2. The van der Waals surface area contributed by atoms with Crippen molar-refractivity contribution in [3.63, 3.8) is 0 Å². The Kier molecular flexibility index (Phi) is 4.88. The van der Waals surface area contributed by atoms with Gasteiger partial charge in [-0.3, -0.25) is 9.59 Å². The van der Waals surface area contributed by atoms with Gasteiger partial charge in [-0.05, 0) is 37.0 Å². The van der Waals surface area contributed by atoms with E-state index in [9.17, 15) is 9.59 Å². The number of benzene rings is 1. The molecule has 114 valence electrons. The van der Waals surface area contributed by atoms with E-state index in [0.29, 0.717) is 36.0 Å². The summed E-state index contributed by atoms with van der Waals surface area (Å²) >= 11 is 6.27. The second kappa shape index (κ2) is 6.48. The topological polar surface area (TPSA) is 49.4 Å². The molecule has 1 aromatic carbocycles. The number of aryl methyl sites for hydroxylation is 1. The van der Waals surface area contributed by atoms with Gasteiger partial charge >= 0.3 is 0 Å². The lowest BCUT2D eigenvalue weighted by Gasteiger charge is -2.26. The summed E-state index contributed by atoms with van der Waals surface area (Å²) in [5, 5.41) is 3.36. The van der Waals surface area contributed by atoms with Crippen molar-refractivity contribution in [2.45, 2.75) is 39.7 Å². The van der Waals surface area contributed by atoms with Gasteiger partial charge < -0.3 is 10.2 Å². The van der Waals surface area contributed by atoms with Crippen LogP contribution in [0.3, 0.4) is 0 Å². The maximum atomic E-state index is 12.7. The van der Waals surface area contributed by atoms with Gasteiger partial charge in [-0.25, -0.2) is 0 Å². The van der Waals surface area contributed by atoms with Gasteiger partial charge in [-0.15, -0.1) is 0 Å². The molecule has 0 radical (unpaired) electrons. The van der Waals surface area contributed by atoms with Crippen molar-refractivity contribution >= 4 is 29.1 Å². The smallest absolute Gasteiger partial charge is 0.249 e. The Balaban J connectivity index is 2.32. The van der Waals surface area contributed by atoms with E-state index >= 15 is 0 Å². The summed E-state index contributed by atoms with van der Waals surface area (Å²) in [4.78, 5) is 26.2. The lowest BCUT2D eigenvalue weighted by molar-refractivity contribution is -0.125. The van der Waals surface area contributed by atoms with Gasteiger partial charge in [0.2, 0.25) is 11.8 Å². The van der Waals surface area contributed by atoms with E-state index in [1.165, 1.54) is 0 Å². The quantitative estimate of drug-likeness (QED) is 0.933. The molecule has 1 aliphatic rings. The number of hydrogen-bond donors (Lipinski definition) is 1. The number of nitrogens with one attached hydrogen (secondary N) is 1. The van der Waals surface area contributed by atoms with Crippen LogP contribution in [0.5, 0.6) is 0 Å². The molecule has 0 bridgehead atoms. The average Bonchev–Trinajstić information content (AvgIpc) is 2.51. The molecule has 1 aliphatic heterocycles. The third kappa shape index (κ3) is 3.76. The first-order chi connectivity index (χ1) is 9.88. The molecule has 2 amide bonds. The third-order valence-electron chi connectivity index (χ3n) is 3.56. The van der Waals surface area contributed by atoms with E-state index in [2.05, 4.69) is 5.32 Å². The number of halogens is 1. The van der Waals surface area contributed by atoms with E-state index in [0.717, 1.165) is 5.56 Å². The molecule has 1 aromatic rings. The number of rotatable bonds is 3. The molecule has 0 aliphatic carbocycles. The molecule has 0 spiro atoms. The molecule has 0 aromatic heterocycles. The van der Waals surface area contributed by atoms with Crippen LogP contribution < -0.4 is 10.2 Å². The molecule has 1 atom stereocenters. The minimum atomic E-state index is -0.475. The van der Waals surface area contributed by atoms with Gasteiger partial charge in [-0.2, -0.15) is 0 Å². The molecule has 4 nitrogen and oxygen atoms in total. The molecule has 1 fully saturated rings. The van der Waals surface area contributed by atoms with E-state index in [4.69, 9.17) is 11.6 Å². The van der Waals surface area contributed by atoms with E-state index in [1.807, 2.05) is 39.0 Å². The maximum Gasteiger partial charge on any atom is 0.249 e. The summed E-state index contributed by atoms with van der Waals surface area (Å²) in [6.45, 7) is 6.38. The summed E-state index contributed by atoms with van der Waals surface area (Å²) in [5.41, 5.74) is 1.72. The van der Waals surface area contributed by atoms with Crippen molar-refractivity contribution in [2.24, 2.45) is 5.92 Å². The van der Waals surface area contributed by atoms with E-state index < -0.39 is 6.04 Å². The molecule has 1 heterocycles. The minimum absolute atomic E-state index is 0.0831. The van der Waals surface area contributed by atoms with Crippen LogP contribution in [-0.2, 0) is 9.59 Å². The van der Waals surface area contributed by atoms with Crippen LogP contribution in [0.4, 0.5) is 5.69 Å². The van der Waals surface area contributed by atoms with Gasteiger partial charge in [-0.1, -0.05) is 31.5 Å². The van der Waals surface area contributed by atoms with Crippen molar-refractivity contribution in [1.82, 2.24) is 5.32 Å². The fraction of sp³-hybridized carbons (Fsp3) is 0.500. The summed E-state index contributed by atoms with van der Waals surface area (Å²) in [5.74, 6) is 0.160. The van der Waals surface area contributed by atoms with E-state index in [1.54, 1.807) is 4.90 Å². The molecule has 1 unspecified atom stereocenters. The number of amides is 2. The molecule has 5 heteroatoms. The van der Waals surface area contributed by atoms with Gasteiger partial charge in [0.1, 0.15) is 6.04 Å². The summed E-state index contributed by atoms with van der Waals surface area (Å²) in [6.07, 6.45) is 0.926. The van der Waals surface area contributed by atoms with Crippen LogP contribution in [0, 0.1) is 12.8 Å². The van der Waals surface area contributed by atoms with Crippen molar-refractivity contribution < 1.29 is 9.59 Å². The number of nitrogens with zero attached hydrogens (tertiary/aromatic N) is 1. The Morgan fingerprint density at radius 2 is 2.10 bits per heavy atom. The largest absolute Gasteiger partial charge is 0.344 e. The lowest BCUT2D eigenvalue weighted by Crippen LogP contribution is -2.45. The van der Waals surface area contributed by atoms with Crippen molar-refractivity contribution in [3.05, 3.63) is 28.8 Å². The van der Waals surface area contributed by atoms with Crippen LogP contribution in [0.2, 0.25) is 5.02 Å².